The van der Waals surface area contributed by atoms with E-state index in [0.717, 1.165) is 12.0 Å². The van der Waals surface area contributed by atoms with Gasteiger partial charge in [-0.1, -0.05) is 43.7 Å². The van der Waals surface area contributed by atoms with Gasteiger partial charge in [0.05, 0.1) is 0 Å². The number of hydrogen-bond donors (Lipinski definition) is 2. The molecule has 0 aliphatic carbocycles. The van der Waals surface area contributed by atoms with Crippen molar-refractivity contribution in [2.75, 3.05) is 0 Å². The number of carboxylic acids is 1. The van der Waals surface area contributed by atoms with Gasteiger partial charge in [0.1, 0.15) is 5.54 Å². The predicted octanol–water partition coefficient (Wildman–Crippen LogP) is 2.42. The van der Waals surface area contributed by atoms with Crippen LogP contribution < -0.4 is 5.32 Å². The van der Waals surface area contributed by atoms with Gasteiger partial charge >= 0.3 is 5.97 Å². The van der Waals surface area contributed by atoms with Crippen molar-refractivity contribution in [3.8, 4) is 0 Å². The van der Waals surface area contributed by atoms with Gasteiger partial charge in [0, 0.05) is 6.54 Å². The highest BCUT2D eigenvalue weighted by Crippen LogP contribution is 2.13. The standard InChI is InChI=1S/C13H19NO2/c1-3-9-13(2,12(15)16)14-10-11-7-5-4-6-8-11/h4-8,14H,3,9-10H2,1-2H3,(H,15,16). The molecular weight excluding hydrogens is 202 g/mol. The van der Waals surface area contributed by atoms with Crippen LogP contribution in [-0.4, -0.2) is 16.6 Å². The summed E-state index contributed by atoms with van der Waals surface area (Å²) >= 11 is 0. The minimum atomic E-state index is -0.829. The van der Waals surface area contributed by atoms with Crippen molar-refractivity contribution in [1.82, 2.24) is 5.32 Å². The SMILES string of the molecule is CCCC(C)(NCc1ccccc1)C(=O)O. The molecule has 0 saturated carbocycles. The second kappa shape index (κ2) is 5.66. The molecule has 0 saturated heterocycles. The Kier molecular flexibility index (Phi) is 4.50. The third-order valence-electron chi connectivity index (χ3n) is 2.75. The molecule has 16 heavy (non-hydrogen) atoms. The van der Waals surface area contributed by atoms with Gasteiger partial charge in [0.25, 0.3) is 0 Å². The maximum absolute atomic E-state index is 11.2. The third kappa shape index (κ3) is 3.35. The Bertz CT molecular complexity index is 337. The molecule has 3 heteroatoms. The predicted molar refractivity (Wildman–Crippen MR) is 64.2 cm³/mol. The van der Waals surface area contributed by atoms with Crippen LogP contribution in [0.3, 0.4) is 0 Å². The number of aliphatic carboxylic acids is 1. The van der Waals surface area contributed by atoms with Crippen molar-refractivity contribution in [3.63, 3.8) is 0 Å². The van der Waals surface area contributed by atoms with Crippen molar-refractivity contribution in [3.05, 3.63) is 35.9 Å². The second-order valence-corrected chi connectivity index (χ2v) is 4.23. The van der Waals surface area contributed by atoms with E-state index in [1.807, 2.05) is 37.3 Å². The lowest BCUT2D eigenvalue weighted by Crippen LogP contribution is -2.48. The van der Waals surface area contributed by atoms with Gasteiger partial charge in [0.2, 0.25) is 0 Å². The topological polar surface area (TPSA) is 49.3 Å². The Balaban J connectivity index is 2.60. The lowest BCUT2D eigenvalue weighted by Gasteiger charge is -2.25. The molecular formula is C13H19NO2. The first-order valence-corrected chi connectivity index (χ1v) is 5.61. The molecule has 1 atom stereocenters. The van der Waals surface area contributed by atoms with Crippen LogP contribution in [0.15, 0.2) is 30.3 Å². The number of nitrogens with one attached hydrogen (secondary N) is 1. The van der Waals surface area contributed by atoms with Crippen molar-refractivity contribution in [2.24, 2.45) is 0 Å². The van der Waals surface area contributed by atoms with E-state index in [1.54, 1.807) is 6.92 Å². The normalized spacial score (nSPS) is 14.4. The zero-order valence-corrected chi connectivity index (χ0v) is 9.86. The van der Waals surface area contributed by atoms with Crippen molar-refractivity contribution in [1.29, 1.82) is 0 Å². The molecule has 0 amide bonds. The number of benzene rings is 1. The fourth-order valence-corrected chi connectivity index (χ4v) is 1.66. The fraction of sp³-hybridized carbons (Fsp3) is 0.462. The summed E-state index contributed by atoms with van der Waals surface area (Å²) in [5.74, 6) is -0.787. The minimum absolute atomic E-state index is 0.587. The largest absolute Gasteiger partial charge is 0.480 e. The number of carbonyl (C=O) groups is 1. The quantitative estimate of drug-likeness (QED) is 0.775. The zero-order valence-electron chi connectivity index (χ0n) is 9.86. The summed E-state index contributed by atoms with van der Waals surface area (Å²) in [4.78, 5) is 11.2. The Labute approximate surface area is 96.5 Å². The summed E-state index contributed by atoms with van der Waals surface area (Å²) in [5.41, 5.74) is 0.274. The molecule has 0 fully saturated rings. The molecule has 1 aromatic carbocycles. The third-order valence-corrected chi connectivity index (χ3v) is 2.75. The van der Waals surface area contributed by atoms with Gasteiger partial charge in [-0.15, -0.1) is 0 Å². The number of rotatable bonds is 6. The average Bonchev–Trinajstić information content (AvgIpc) is 2.28. The van der Waals surface area contributed by atoms with Crippen LogP contribution in [0.2, 0.25) is 0 Å². The smallest absolute Gasteiger partial charge is 0.323 e. The highest BCUT2D eigenvalue weighted by molar-refractivity contribution is 5.78. The number of hydrogen-bond acceptors (Lipinski definition) is 2. The van der Waals surface area contributed by atoms with E-state index in [0.29, 0.717) is 13.0 Å². The molecule has 1 rings (SSSR count). The maximum atomic E-state index is 11.2. The Morgan fingerprint density at radius 2 is 2.00 bits per heavy atom. The van der Waals surface area contributed by atoms with E-state index in [9.17, 15) is 9.90 Å². The minimum Gasteiger partial charge on any atom is -0.480 e. The van der Waals surface area contributed by atoms with Crippen LogP contribution in [0.1, 0.15) is 32.3 Å². The molecule has 0 bridgehead atoms. The summed E-state index contributed by atoms with van der Waals surface area (Å²) in [6.07, 6.45) is 1.49. The van der Waals surface area contributed by atoms with E-state index >= 15 is 0 Å². The lowest BCUT2D eigenvalue weighted by molar-refractivity contribution is -0.144. The molecule has 0 heterocycles. The Morgan fingerprint density at radius 1 is 1.38 bits per heavy atom. The van der Waals surface area contributed by atoms with Crippen LogP contribution in [0.5, 0.6) is 0 Å². The monoisotopic (exact) mass is 221 g/mol. The first kappa shape index (κ1) is 12.7. The van der Waals surface area contributed by atoms with E-state index in [1.165, 1.54) is 0 Å². The summed E-state index contributed by atoms with van der Waals surface area (Å²) in [6, 6.07) is 9.83. The van der Waals surface area contributed by atoms with E-state index in [4.69, 9.17) is 0 Å². The molecule has 0 aliphatic heterocycles. The number of carboxylic acid groups (broad SMARTS) is 1. The molecule has 0 spiro atoms. The van der Waals surface area contributed by atoms with Crippen molar-refractivity contribution >= 4 is 5.97 Å². The maximum Gasteiger partial charge on any atom is 0.323 e. The van der Waals surface area contributed by atoms with Crippen LogP contribution in [-0.2, 0) is 11.3 Å². The Hall–Kier alpha value is -1.35. The van der Waals surface area contributed by atoms with Crippen LogP contribution >= 0.6 is 0 Å². The fourth-order valence-electron chi connectivity index (χ4n) is 1.66. The van der Waals surface area contributed by atoms with Crippen LogP contribution in [0.4, 0.5) is 0 Å². The van der Waals surface area contributed by atoms with E-state index in [2.05, 4.69) is 5.32 Å². The molecule has 2 N–H and O–H groups in total. The summed E-state index contributed by atoms with van der Waals surface area (Å²) in [6.45, 7) is 4.32. The first-order valence-electron chi connectivity index (χ1n) is 5.61. The summed E-state index contributed by atoms with van der Waals surface area (Å²) < 4.78 is 0. The average molecular weight is 221 g/mol. The Morgan fingerprint density at radius 3 is 2.50 bits per heavy atom. The lowest BCUT2D eigenvalue weighted by atomic mass is 9.96. The molecule has 0 radical (unpaired) electrons. The molecule has 3 nitrogen and oxygen atoms in total. The van der Waals surface area contributed by atoms with E-state index < -0.39 is 11.5 Å². The summed E-state index contributed by atoms with van der Waals surface area (Å²) in [7, 11) is 0. The molecule has 1 aromatic rings. The van der Waals surface area contributed by atoms with Gasteiger partial charge in [-0.05, 0) is 18.9 Å². The highest BCUT2D eigenvalue weighted by Gasteiger charge is 2.31. The van der Waals surface area contributed by atoms with Crippen molar-refractivity contribution < 1.29 is 9.90 Å². The summed E-state index contributed by atoms with van der Waals surface area (Å²) in [5, 5.41) is 12.3. The van der Waals surface area contributed by atoms with Gasteiger partial charge in [-0.25, -0.2) is 0 Å². The molecule has 1 unspecified atom stereocenters. The molecule has 88 valence electrons. The van der Waals surface area contributed by atoms with Gasteiger partial charge in [-0.3, -0.25) is 10.1 Å². The van der Waals surface area contributed by atoms with Gasteiger partial charge < -0.3 is 5.11 Å². The zero-order chi connectivity index (χ0) is 12.0. The van der Waals surface area contributed by atoms with Crippen molar-refractivity contribution in [2.45, 2.75) is 38.8 Å². The van der Waals surface area contributed by atoms with Gasteiger partial charge in [0.15, 0.2) is 0 Å². The molecule has 0 aliphatic rings. The first-order chi connectivity index (χ1) is 7.58. The van der Waals surface area contributed by atoms with Crippen LogP contribution in [0, 0.1) is 0 Å². The second-order valence-electron chi connectivity index (χ2n) is 4.23. The highest BCUT2D eigenvalue weighted by atomic mass is 16.4. The molecule has 0 aromatic heterocycles. The van der Waals surface area contributed by atoms with E-state index in [-0.39, 0.29) is 0 Å². The van der Waals surface area contributed by atoms with Crippen LogP contribution in [0.25, 0.3) is 0 Å². The van der Waals surface area contributed by atoms with Gasteiger partial charge in [-0.2, -0.15) is 0 Å².